The lowest BCUT2D eigenvalue weighted by Crippen LogP contribution is -2.09. The maximum atomic E-state index is 2.37. The smallest absolute Gasteiger partial charge is 0.0476 e. The fraction of sp³-hybridized carbons (Fsp3) is 0. The highest BCUT2D eigenvalue weighted by molar-refractivity contribution is 7.25. The van der Waals surface area contributed by atoms with Crippen molar-refractivity contribution in [3.63, 3.8) is 0 Å². The minimum atomic E-state index is 1.12. The van der Waals surface area contributed by atoms with Gasteiger partial charge < -0.3 is 4.90 Å². The maximum Gasteiger partial charge on any atom is 0.0476 e. The van der Waals surface area contributed by atoms with Crippen molar-refractivity contribution in [3.8, 4) is 33.4 Å². The Morgan fingerprint density at radius 3 is 1.58 bits per heavy atom. The van der Waals surface area contributed by atoms with Crippen LogP contribution in [0.15, 0.2) is 188 Å². The molecule has 0 aliphatic rings. The van der Waals surface area contributed by atoms with E-state index in [9.17, 15) is 0 Å². The van der Waals surface area contributed by atoms with Crippen LogP contribution in [-0.2, 0) is 0 Å². The van der Waals surface area contributed by atoms with Crippen LogP contribution < -0.4 is 4.90 Å². The third-order valence-corrected chi connectivity index (χ3v) is 10.4. The Hall–Kier alpha value is -5.96. The Morgan fingerprint density at radius 2 is 0.812 bits per heavy atom. The molecule has 0 atom stereocenters. The van der Waals surface area contributed by atoms with Crippen LogP contribution in [0.3, 0.4) is 0 Å². The zero-order valence-corrected chi connectivity index (χ0v) is 27.1. The number of nitrogens with zero attached hydrogens (tertiary/aromatic N) is 1. The highest BCUT2D eigenvalue weighted by atomic mass is 32.1. The van der Waals surface area contributed by atoms with Crippen LogP contribution in [0.4, 0.5) is 17.1 Å². The summed E-state index contributed by atoms with van der Waals surface area (Å²) >= 11 is 1.86. The molecule has 1 aromatic heterocycles. The monoisotopic (exact) mass is 629 g/mol. The number of anilines is 3. The summed E-state index contributed by atoms with van der Waals surface area (Å²) in [5.41, 5.74) is 10.7. The van der Waals surface area contributed by atoms with Crippen molar-refractivity contribution < 1.29 is 0 Å². The van der Waals surface area contributed by atoms with Crippen molar-refractivity contribution in [1.82, 2.24) is 0 Å². The van der Waals surface area contributed by atoms with Gasteiger partial charge in [0.1, 0.15) is 0 Å². The van der Waals surface area contributed by atoms with Crippen LogP contribution in [-0.4, -0.2) is 0 Å². The topological polar surface area (TPSA) is 3.24 Å². The fourth-order valence-electron chi connectivity index (χ4n) is 6.78. The quantitative estimate of drug-likeness (QED) is 0.177. The second-order valence-corrected chi connectivity index (χ2v) is 13.3. The van der Waals surface area contributed by atoms with Crippen molar-refractivity contribution in [1.29, 1.82) is 0 Å². The molecule has 9 rings (SSSR count). The predicted molar refractivity (Wildman–Crippen MR) is 208 cm³/mol. The minimum absolute atomic E-state index is 1.12. The van der Waals surface area contributed by atoms with Gasteiger partial charge >= 0.3 is 0 Å². The molecule has 0 radical (unpaired) electrons. The summed E-state index contributed by atoms with van der Waals surface area (Å²) < 4.78 is 2.61. The van der Waals surface area contributed by atoms with Crippen molar-refractivity contribution in [2.45, 2.75) is 0 Å². The van der Waals surface area contributed by atoms with Gasteiger partial charge in [-0.05, 0) is 98.8 Å². The summed E-state index contributed by atoms with van der Waals surface area (Å²) in [7, 11) is 0. The summed E-state index contributed by atoms with van der Waals surface area (Å²) in [6, 6.07) is 68.2. The van der Waals surface area contributed by atoms with E-state index in [1.54, 1.807) is 0 Å². The average molecular weight is 630 g/mol. The zero-order chi connectivity index (χ0) is 31.9. The van der Waals surface area contributed by atoms with Crippen LogP contribution in [0.25, 0.3) is 64.3 Å². The van der Waals surface area contributed by atoms with Crippen LogP contribution in [0.1, 0.15) is 0 Å². The third-order valence-electron chi connectivity index (χ3n) is 9.26. The van der Waals surface area contributed by atoms with E-state index in [0.717, 1.165) is 17.1 Å². The molecule has 0 saturated heterocycles. The van der Waals surface area contributed by atoms with E-state index in [1.165, 1.54) is 64.3 Å². The van der Waals surface area contributed by atoms with Gasteiger partial charge in [-0.15, -0.1) is 11.3 Å². The van der Waals surface area contributed by atoms with Crippen LogP contribution in [0.5, 0.6) is 0 Å². The Kier molecular flexibility index (Phi) is 7.07. The second kappa shape index (κ2) is 12.0. The molecule has 0 saturated carbocycles. The molecule has 0 aliphatic heterocycles. The molecule has 8 aromatic carbocycles. The average Bonchev–Trinajstić information content (AvgIpc) is 3.54. The molecule has 0 unspecified atom stereocenters. The van der Waals surface area contributed by atoms with Gasteiger partial charge in [-0.2, -0.15) is 0 Å². The van der Waals surface area contributed by atoms with Crippen molar-refractivity contribution in [3.05, 3.63) is 188 Å². The normalized spacial score (nSPS) is 11.3. The molecule has 0 aliphatic carbocycles. The van der Waals surface area contributed by atoms with Gasteiger partial charge in [0.15, 0.2) is 0 Å². The van der Waals surface area contributed by atoms with Gasteiger partial charge in [-0.1, -0.05) is 133 Å². The molecule has 0 N–H and O–H groups in total. The summed E-state index contributed by atoms with van der Waals surface area (Å²) in [5, 5.41) is 5.15. The first-order valence-electron chi connectivity index (χ1n) is 16.3. The Labute approximate surface area is 284 Å². The molecule has 226 valence electrons. The van der Waals surface area contributed by atoms with E-state index < -0.39 is 0 Å². The molecule has 0 amide bonds. The standard InChI is InChI=1S/C46H31NS/c1-2-9-32(10-3-1)34-19-23-40(24-20-34)47(42-27-28-44-43-15-6-7-16-45(43)48-46(44)31-42)41-25-21-35(22-26-41)37-13-8-14-38(29-37)39-18-17-33-11-4-5-12-36(33)30-39/h1-31H. The summed E-state index contributed by atoms with van der Waals surface area (Å²) in [6.07, 6.45) is 0. The number of benzene rings is 8. The molecule has 1 nitrogen and oxygen atoms in total. The van der Waals surface area contributed by atoms with Crippen LogP contribution in [0.2, 0.25) is 0 Å². The Balaban J connectivity index is 1.10. The lowest BCUT2D eigenvalue weighted by atomic mass is 9.97. The summed E-state index contributed by atoms with van der Waals surface area (Å²) in [6.45, 7) is 0. The van der Waals surface area contributed by atoms with E-state index >= 15 is 0 Å². The Bertz CT molecular complexity index is 2540. The highest BCUT2D eigenvalue weighted by Crippen LogP contribution is 2.41. The molecule has 0 fully saturated rings. The van der Waals surface area contributed by atoms with Crippen LogP contribution in [0, 0.1) is 0 Å². The first kappa shape index (κ1) is 28.3. The SMILES string of the molecule is c1ccc(-c2ccc(N(c3ccc(-c4cccc(-c5ccc6ccccc6c5)c4)cc3)c3ccc4c(c3)sc3ccccc34)cc2)cc1. The lowest BCUT2D eigenvalue weighted by molar-refractivity contribution is 1.29. The molecular formula is C46H31NS. The fourth-order valence-corrected chi connectivity index (χ4v) is 7.92. The van der Waals surface area contributed by atoms with Crippen molar-refractivity contribution in [2.75, 3.05) is 4.90 Å². The van der Waals surface area contributed by atoms with Crippen LogP contribution >= 0.6 is 11.3 Å². The number of thiophene rings is 1. The minimum Gasteiger partial charge on any atom is -0.310 e. The second-order valence-electron chi connectivity index (χ2n) is 12.2. The Morgan fingerprint density at radius 1 is 0.292 bits per heavy atom. The number of hydrogen-bond donors (Lipinski definition) is 0. The van der Waals surface area contributed by atoms with Gasteiger partial charge in [0, 0.05) is 37.2 Å². The van der Waals surface area contributed by atoms with E-state index in [-0.39, 0.29) is 0 Å². The molecule has 1 heterocycles. The first-order valence-corrected chi connectivity index (χ1v) is 17.2. The molecule has 0 spiro atoms. The maximum absolute atomic E-state index is 2.37. The van der Waals surface area contributed by atoms with Gasteiger partial charge in [-0.3, -0.25) is 0 Å². The summed E-state index contributed by atoms with van der Waals surface area (Å²) in [5.74, 6) is 0. The van der Waals surface area contributed by atoms with Gasteiger partial charge in [0.25, 0.3) is 0 Å². The molecular weight excluding hydrogens is 599 g/mol. The van der Waals surface area contributed by atoms with E-state index in [4.69, 9.17) is 0 Å². The van der Waals surface area contributed by atoms with Gasteiger partial charge in [0.05, 0.1) is 0 Å². The van der Waals surface area contributed by atoms with Gasteiger partial charge in [0.2, 0.25) is 0 Å². The predicted octanol–water partition coefficient (Wildman–Crippen LogP) is 13.7. The molecule has 9 aromatic rings. The first-order chi connectivity index (χ1) is 23.8. The molecule has 0 bridgehead atoms. The summed E-state index contributed by atoms with van der Waals surface area (Å²) in [4.78, 5) is 2.37. The number of hydrogen-bond acceptors (Lipinski definition) is 2. The number of fused-ring (bicyclic) bond motifs is 4. The van der Waals surface area contributed by atoms with Crippen molar-refractivity contribution in [2.24, 2.45) is 0 Å². The van der Waals surface area contributed by atoms with E-state index in [2.05, 4.69) is 193 Å². The van der Waals surface area contributed by atoms with E-state index in [1.807, 2.05) is 11.3 Å². The van der Waals surface area contributed by atoms with Crippen molar-refractivity contribution >= 4 is 59.3 Å². The molecule has 2 heteroatoms. The van der Waals surface area contributed by atoms with Gasteiger partial charge in [-0.25, -0.2) is 0 Å². The third kappa shape index (κ3) is 5.23. The lowest BCUT2D eigenvalue weighted by Gasteiger charge is -2.26. The molecule has 48 heavy (non-hydrogen) atoms. The van der Waals surface area contributed by atoms with E-state index in [0.29, 0.717) is 0 Å². The number of rotatable bonds is 6. The highest BCUT2D eigenvalue weighted by Gasteiger charge is 2.15. The zero-order valence-electron chi connectivity index (χ0n) is 26.3. The largest absolute Gasteiger partial charge is 0.310 e.